The van der Waals surface area contributed by atoms with Crippen LogP contribution in [-0.4, -0.2) is 43.6 Å². The van der Waals surface area contributed by atoms with Gasteiger partial charge in [-0.15, -0.1) is 0 Å². The van der Waals surface area contributed by atoms with Crippen molar-refractivity contribution >= 4 is 5.91 Å². The van der Waals surface area contributed by atoms with Gasteiger partial charge in [0.05, 0.1) is 19.2 Å². The highest BCUT2D eigenvalue weighted by molar-refractivity contribution is 5.81. The third kappa shape index (κ3) is 6.08. The fourth-order valence-electron chi connectivity index (χ4n) is 3.26. The number of nitrogens with two attached hydrogens (primary N) is 1. The van der Waals surface area contributed by atoms with E-state index < -0.39 is 6.04 Å². The topological polar surface area (TPSA) is 67.6 Å². The minimum Gasteiger partial charge on any atom is -0.497 e. The number of ether oxygens (including phenoxy) is 1. The Bertz CT molecular complexity index is 702. The van der Waals surface area contributed by atoms with Crippen molar-refractivity contribution in [1.29, 1.82) is 0 Å². The molecule has 2 rings (SSSR count). The van der Waals surface area contributed by atoms with Gasteiger partial charge < -0.3 is 15.8 Å². The van der Waals surface area contributed by atoms with Gasteiger partial charge in [-0.1, -0.05) is 56.3 Å². The molecular formula is C22H31N3O2. The second-order valence-electron chi connectivity index (χ2n) is 6.55. The van der Waals surface area contributed by atoms with Crippen molar-refractivity contribution in [2.75, 3.05) is 26.7 Å². The first-order valence-electron chi connectivity index (χ1n) is 9.54. The number of hydrogen-bond acceptors (Lipinski definition) is 4. The van der Waals surface area contributed by atoms with Crippen molar-refractivity contribution in [1.82, 2.24) is 10.2 Å². The molecule has 0 saturated carbocycles. The van der Waals surface area contributed by atoms with E-state index in [-0.39, 0.29) is 11.9 Å². The highest BCUT2D eigenvalue weighted by atomic mass is 16.5. The second-order valence-corrected chi connectivity index (χ2v) is 6.55. The van der Waals surface area contributed by atoms with Crippen LogP contribution in [0.4, 0.5) is 0 Å². The Morgan fingerprint density at radius 3 is 2.44 bits per heavy atom. The highest BCUT2D eigenvalue weighted by Crippen LogP contribution is 2.23. The van der Waals surface area contributed by atoms with Gasteiger partial charge in [0.2, 0.25) is 5.91 Å². The molecule has 0 aliphatic carbocycles. The molecule has 5 heteroatoms. The van der Waals surface area contributed by atoms with Gasteiger partial charge in [0.15, 0.2) is 0 Å². The van der Waals surface area contributed by atoms with Crippen LogP contribution >= 0.6 is 0 Å². The molecule has 27 heavy (non-hydrogen) atoms. The molecule has 2 atom stereocenters. The predicted molar refractivity (Wildman–Crippen MR) is 110 cm³/mol. The van der Waals surface area contributed by atoms with Gasteiger partial charge in [-0.2, -0.15) is 0 Å². The predicted octanol–water partition coefficient (Wildman–Crippen LogP) is 2.76. The SMILES string of the molecule is CCN(CC)C(CNC(=O)C(N)Cc1ccccc1)c1cccc(OC)c1. The van der Waals surface area contributed by atoms with Gasteiger partial charge in [0.25, 0.3) is 0 Å². The van der Waals surface area contributed by atoms with E-state index in [0.29, 0.717) is 13.0 Å². The summed E-state index contributed by atoms with van der Waals surface area (Å²) in [6.45, 7) is 6.55. The molecule has 2 aromatic carbocycles. The maximum Gasteiger partial charge on any atom is 0.237 e. The number of benzene rings is 2. The number of nitrogens with one attached hydrogen (secondary N) is 1. The summed E-state index contributed by atoms with van der Waals surface area (Å²) >= 11 is 0. The van der Waals surface area contributed by atoms with Crippen LogP contribution in [0.15, 0.2) is 54.6 Å². The molecular weight excluding hydrogens is 338 g/mol. The van der Waals surface area contributed by atoms with Crippen molar-refractivity contribution in [3.8, 4) is 5.75 Å². The number of amides is 1. The van der Waals surface area contributed by atoms with Gasteiger partial charge in [-0.05, 0) is 42.8 Å². The van der Waals surface area contributed by atoms with E-state index in [1.807, 2.05) is 48.5 Å². The van der Waals surface area contributed by atoms with E-state index in [9.17, 15) is 4.79 Å². The average Bonchev–Trinajstić information content (AvgIpc) is 2.71. The standard InChI is InChI=1S/C22H31N3O2/c1-4-25(5-2)21(18-12-9-13-19(15-18)27-3)16-24-22(26)20(23)14-17-10-7-6-8-11-17/h6-13,15,20-21H,4-5,14,16,23H2,1-3H3,(H,24,26). The Morgan fingerprint density at radius 1 is 1.11 bits per heavy atom. The van der Waals surface area contributed by atoms with Crippen molar-refractivity contribution in [2.24, 2.45) is 5.73 Å². The Hall–Kier alpha value is -2.37. The smallest absolute Gasteiger partial charge is 0.237 e. The van der Waals surface area contributed by atoms with Crippen LogP contribution in [0.3, 0.4) is 0 Å². The molecule has 0 aromatic heterocycles. The number of nitrogens with zero attached hydrogens (tertiary/aromatic N) is 1. The highest BCUT2D eigenvalue weighted by Gasteiger charge is 2.21. The molecule has 0 saturated heterocycles. The Kier molecular flexibility index (Phi) is 8.30. The van der Waals surface area contributed by atoms with Crippen LogP contribution in [0, 0.1) is 0 Å². The minimum absolute atomic E-state index is 0.0722. The lowest BCUT2D eigenvalue weighted by atomic mass is 10.0. The molecule has 2 aromatic rings. The van der Waals surface area contributed by atoms with Crippen LogP contribution in [0.5, 0.6) is 5.75 Å². The van der Waals surface area contributed by atoms with Gasteiger partial charge in [-0.3, -0.25) is 9.69 Å². The molecule has 0 fully saturated rings. The monoisotopic (exact) mass is 369 g/mol. The zero-order valence-electron chi connectivity index (χ0n) is 16.5. The average molecular weight is 370 g/mol. The zero-order chi connectivity index (χ0) is 19.6. The molecule has 1 amide bonds. The van der Waals surface area contributed by atoms with Crippen LogP contribution < -0.4 is 15.8 Å². The van der Waals surface area contributed by atoms with Gasteiger partial charge >= 0.3 is 0 Å². The zero-order valence-corrected chi connectivity index (χ0v) is 16.5. The maximum absolute atomic E-state index is 12.5. The summed E-state index contributed by atoms with van der Waals surface area (Å²) in [7, 11) is 1.66. The third-order valence-electron chi connectivity index (χ3n) is 4.84. The van der Waals surface area contributed by atoms with Crippen molar-refractivity contribution in [3.05, 3.63) is 65.7 Å². The fraction of sp³-hybridized carbons (Fsp3) is 0.409. The Labute approximate surface area is 162 Å². The lowest BCUT2D eigenvalue weighted by molar-refractivity contribution is -0.122. The first-order chi connectivity index (χ1) is 13.1. The van der Waals surface area contributed by atoms with Gasteiger partial charge in [-0.25, -0.2) is 0 Å². The van der Waals surface area contributed by atoms with E-state index >= 15 is 0 Å². The summed E-state index contributed by atoms with van der Waals surface area (Å²) in [5.74, 6) is 0.690. The molecule has 3 N–H and O–H groups in total. The number of likely N-dealkylation sites (N-methyl/N-ethyl adjacent to an activating group) is 1. The second kappa shape index (κ2) is 10.7. The van der Waals surface area contributed by atoms with E-state index in [2.05, 4.69) is 30.1 Å². The third-order valence-corrected chi connectivity index (χ3v) is 4.84. The van der Waals surface area contributed by atoms with Crippen LogP contribution in [0.2, 0.25) is 0 Å². The normalized spacial score (nSPS) is 13.2. The van der Waals surface area contributed by atoms with E-state index in [4.69, 9.17) is 10.5 Å². The molecule has 0 spiro atoms. The summed E-state index contributed by atoms with van der Waals surface area (Å²) in [5, 5.41) is 3.04. The minimum atomic E-state index is -0.560. The first-order valence-corrected chi connectivity index (χ1v) is 9.54. The van der Waals surface area contributed by atoms with Gasteiger partial charge in [0.1, 0.15) is 5.75 Å². The lowest BCUT2D eigenvalue weighted by Crippen LogP contribution is -2.45. The van der Waals surface area contributed by atoms with E-state index in [1.54, 1.807) is 7.11 Å². The maximum atomic E-state index is 12.5. The summed E-state index contributed by atoms with van der Waals surface area (Å²) in [6.07, 6.45) is 0.530. The van der Waals surface area contributed by atoms with Crippen molar-refractivity contribution in [2.45, 2.75) is 32.4 Å². The van der Waals surface area contributed by atoms with Crippen molar-refractivity contribution in [3.63, 3.8) is 0 Å². The van der Waals surface area contributed by atoms with Crippen LogP contribution in [0.25, 0.3) is 0 Å². The summed E-state index contributed by atoms with van der Waals surface area (Å²) in [5.41, 5.74) is 8.30. The van der Waals surface area contributed by atoms with Crippen LogP contribution in [-0.2, 0) is 11.2 Å². The van der Waals surface area contributed by atoms with Gasteiger partial charge in [0, 0.05) is 6.54 Å². The molecule has 0 aliphatic heterocycles. The number of hydrogen-bond donors (Lipinski definition) is 2. The number of methoxy groups -OCH3 is 1. The Morgan fingerprint density at radius 2 is 1.81 bits per heavy atom. The van der Waals surface area contributed by atoms with E-state index in [0.717, 1.165) is 30.0 Å². The summed E-state index contributed by atoms with van der Waals surface area (Å²) < 4.78 is 5.36. The summed E-state index contributed by atoms with van der Waals surface area (Å²) in [6, 6.07) is 17.4. The molecule has 2 unspecified atom stereocenters. The number of rotatable bonds is 10. The van der Waals surface area contributed by atoms with Crippen LogP contribution in [0.1, 0.15) is 31.0 Å². The van der Waals surface area contributed by atoms with Crippen molar-refractivity contribution < 1.29 is 9.53 Å². The molecule has 0 bridgehead atoms. The number of carbonyl (C=O) groups is 1. The molecule has 0 heterocycles. The van der Waals surface area contributed by atoms with E-state index in [1.165, 1.54) is 0 Å². The summed E-state index contributed by atoms with van der Waals surface area (Å²) in [4.78, 5) is 14.8. The quantitative estimate of drug-likeness (QED) is 0.676. The molecule has 0 radical (unpaired) electrons. The fourth-order valence-corrected chi connectivity index (χ4v) is 3.26. The Balaban J connectivity index is 2.05. The molecule has 5 nitrogen and oxygen atoms in total. The number of carbonyl (C=O) groups excluding carboxylic acids is 1. The lowest BCUT2D eigenvalue weighted by Gasteiger charge is -2.31. The largest absolute Gasteiger partial charge is 0.497 e. The first kappa shape index (κ1) is 20.9. The molecule has 146 valence electrons. The molecule has 0 aliphatic rings.